The summed E-state index contributed by atoms with van der Waals surface area (Å²) in [5.74, 6) is 0.595. The van der Waals surface area contributed by atoms with Gasteiger partial charge in [0, 0.05) is 4.88 Å². The first-order valence-electron chi connectivity index (χ1n) is 8.91. The molecule has 1 amide bonds. The van der Waals surface area contributed by atoms with E-state index in [1.165, 1.54) is 16.2 Å². The summed E-state index contributed by atoms with van der Waals surface area (Å²) in [5, 5.41) is 13.0. The highest BCUT2D eigenvalue weighted by atomic mass is 32.1. The second-order valence-electron chi connectivity index (χ2n) is 7.81. The van der Waals surface area contributed by atoms with Crippen molar-refractivity contribution in [2.45, 2.75) is 46.6 Å². The van der Waals surface area contributed by atoms with Gasteiger partial charge in [0.05, 0.1) is 5.56 Å². The molecule has 0 bridgehead atoms. The van der Waals surface area contributed by atoms with Gasteiger partial charge in [0.1, 0.15) is 17.7 Å². The van der Waals surface area contributed by atoms with Gasteiger partial charge >= 0.3 is 6.09 Å². The van der Waals surface area contributed by atoms with E-state index in [-0.39, 0.29) is 12.0 Å². The lowest BCUT2D eigenvalue weighted by atomic mass is 9.72. The first-order chi connectivity index (χ1) is 12.4. The quantitative estimate of drug-likeness (QED) is 0.776. The fraction of sp³-hybridized carbons (Fsp3) is 0.429. The van der Waals surface area contributed by atoms with E-state index in [9.17, 15) is 10.1 Å². The highest BCUT2D eigenvalue weighted by Gasteiger charge is 2.32. The van der Waals surface area contributed by atoms with Crippen molar-refractivity contribution in [3.63, 3.8) is 0 Å². The molecule has 2 aromatic rings. The molecule has 4 nitrogen and oxygen atoms in total. The van der Waals surface area contributed by atoms with Crippen LogP contribution in [0.4, 0.5) is 9.80 Å². The average molecular weight is 369 g/mol. The van der Waals surface area contributed by atoms with Crippen molar-refractivity contribution in [2.24, 2.45) is 11.3 Å². The highest BCUT2D eigenvalue weighted by molar-refractivity contribution is 7.16. The predicted octanol–water partition coefficient (Wildman–Crippen LogP) is 5.52. The number of rotatable bonds is 3. The molecule has 136 valence electrons. The van der Waals surface area contributed by atoms with Gasteiger partial charge in [-0.05, 0) is 41.7 Å². The van der Waals surface area contributed by atoms with Crippen molar-refractivity contribution in [2.75, 3.05) is 5.32 Å². The molecule has 1 N–H and O–H groups in total. The lowest BCUT2D eigenvalue weighted by molar-refractivity contribution is 0.155. The maximum atomic E-state index is 12.2. The van der Waals surface area contributed by atoms with Crippen LogP contribution in [0.5, 0.6) is 0 Å². The molecule has 3 rings (SSSR count). The summed E-state index contributed by atoms with van der Waals surface area (Å²) in [5.41, 5.74) is 2.89. The Morgan fingerprint density at radius 3 is 2.73 bits per heavy atom. The number of nitrogens with zero attached hydrogens (tertiary/aromatic N) is 1. The molecular formula is C21H24N2O2S. The number of fused-ring (bicyclic) bond motifs is 1. The summed E-state index contributed by atoms with van der Waals surface area (Å²) in [6.07, 6.45) is 2.44. The Kier molecular flexibility index (Phi) is 5.33. The number of anilines is 1. The van der Waals surface area contributed by atoms with Gasteiger partial charge in [-0.1, -0.05) is 51.1 Å². The summed E-state index contributed by atoms with van der Waals surface area (Å²) in [4.78, 5) is 13.4. The van der Waals surface area contributed by atoms with E-state index in [1.54, 1.807) is 0 Å². The summed E-state index contributed by atoms with van der Waals surface area (Å²) in [7, 11) is 0. The van der Waals surface area contributed by atoms with Crippen LogP contribution in [0.2, 0.25) is 0 Å². The van der Waals surface area contributed by atoms with E-state index in [2.05, 4.69) is 32.2 Å². The zero-order chi connectivity index (χ0) is 18.7. The van der Waals surface area contributed by atoms with Crippen molar-refractivity contribution < 1.29 is 9.53 Å². The largest absolute Gasteiger partial charge is 0.444 e. The minimum absolute atomic E-state index is 0.214. The third-order valence-corrected chi connectivity index (χ3v) is 6.20. The maximum absolute atomic E-state index is 12.2. The molecule has 0 aliphatic heterocycles. The second kappa shape index (κ2) is 7.51. The van der Waals surface area contributed by atoms with Gasteiger partial charge in [-0.15, -0.1) is 11.3 Å². The minimum Gasteiger partial charge on any atom is -0.444 e. The van der Waals surface area contributed by atoms with Crippen molar-refractivity contribution >= 4 is 22.4 Å². The molecular weight excluding hydrogens is 344 g/mol. The highest BCUT2D eigenvalue weighted by Crippen LogP contribution is 2.43. The number of hydrogen-bond acceptors (Lipinski definition) is 4. The Balaban J connectivity index is 1.70. The number of benzene rings is 1. The molecule has 0 saturated heterocycles. The number of thiophene rings is 1. The number of ether oxygens (including phenoxy) is 1. The molecule has 1 aliphatic carbocycles. The van der Waals surface area contributed by atoms with Crippen LogP contribution < -0.4 is 5.32 Å². The summed E-state index contributed by atoms with van der Waals surface area (Å²) < 4.78 is 5.29. The molecule has 1 aromatic carbocycles. The molecule has 5 heteroatoms. The Bertz CT molecular complexity index is 828. The fourth-order valence-corrected chi connectivity index (χ4v) is 4.65. The summed E-state index contributed by atoms with van der Waals surface area (Å²) in [6.45, 7) is 7.01. The molecule has 1 heterocycles. The Morgan fingerprint density at radius 2 is 2.08 bits per heavy atom. The standard InChI is InChI=1S/C21H24N2O2S/c1-21(2,3)15-9-10-16-17(12-22)19(26-18(16)11-15)23-20(24)25-13-14-7-5-4-6-8-14/h4-8,15H,9-11,13H2,1-3H3,(H,23,24). The van der Waals surface area contributed by atoms with E-state index in [0.717, 1.165) is 30.4 Å². The zero-order valence-corrected chi connectivity index (χ0v) is 16.3. The molecule has 26 heavy (non-hydrogen) atoms. The molecule has 1 atom stereocenters. The van der Waals surface area contributed by atoms with Crippen molar-refractivity contribution in [1.29, 1.82) is 5.26 Å². The van der Waals surface area contributed by atoms with E-state index >= 15 is 0 Å². The number of nitrogens with one attached hydrogen (secondary N) is 1. The average Bonchev–Trinajstić information content (AvgIpc) is 2.96. The predicted molar refractivity (Wildman–Crippen MR) is 104 cm³/mol. The van der Waals surface area contributed by atoms with E-state index in [1.807, 2.05) is 30.3 Å². The van der Waals surface area contributed by atoms with Crippen LogP contribution in [0.3, 0.4) is 0 Å². The second-order valence-corrected chi connectivity index (χ2v) is 8.92. The monoisotopic (exact) mass is 368 g/mol. The van der Waals surface area contributed by atoms with Gasteiger partial charge in [-0.2, -0.15) is 5.26 Å². The maximum Gasteiger partial charge on any atom is 0.412 e. The molecule has 0 radical (unpaired) electrons. The van der Waals surface area contributed by atoms with Gasteiger partial charge in [-0.3, -0.25) is 5.32 Å². The number of nitriles is 1. The summed E-state index contributed by atoms with van der Waals surface area (Å²) in [6, 6.07) is 11.8. The molecule has 1 aromatic heterocycles. The number of carbonyl (C=O) groups excluding carboxylic acids is 1. The number of amides is 1. The lowest BCUT2D eigenvalue weighted by Gasteiger charge is -2.33. The lowest BCUT2D eigenvalue weighted by Crippen LogP contribution is -2.26. The third kappa shape index (κ3) is 4.08. The zero-order valence-electron chi connectivity index (χ0n) is 15.5. The molecule has 1 aliphatic rings. The smallest absolute Gasteiger partial charge is 0.412 e. The first kappa shape index (κ1) is 18.5. The molecule has 1 unspecified atom stereocenters. The van der Waals surface area contributed by atoms with Crippen LogP contribution >= 0.6 is 11.3 Å². The van der Waals surface area contributed by atoms with Gasteiger partial charge < -0.3 is 4.74 Å². The fourth-order valence-electron chi connectivity index (χ4n) is 3.38. The van der Waals surface area contributed by atoms with Crippen molar-refractivity contribution in [1.82, 2.24) is 0 Å². The third-order valence-electron chi connectivity index (χ3n) is 5.03. The number of hydrogen-bond donors (Lipinski definition) is 1. The number of carbonyl (C=O) groups is 1. The molecule has 0 spiro atoms. The Morgan fingerprint density at radius 1 is 1.35 bits per heavy atom. The van der Waals surface area contributed by atoms with E-state index < -0.39 is 6.09 Å². The molecule has 0 saturated carbocycles. The van der Waals surface area contributed by atoms with Crippen LogP contribution in [-0.2, 0) is 24.2 Å². The first-order valence-corrected chi connectivity index (χ1v) is 9.72. The van der Waals surface area contributed by atoms with Crippen molar-refractivity contribution in [3.05, 3.63) is 51.9 Å². The van der Waals surface area contributed by atoms with Crippen LogP contribution in [0.25, 0.3) is 0 Å². The Hall–Kier alpha value is -2.32. The SMILES string of the molecule is CC(C)(C)C1CCc2c(sc(NC(=O)OCc3ccccc3)c2C#N)C1. The summed E-state index contributed by atoms with van der Waals surface area (Å²) >= 11 is 1.52. The van der Waals surface area contributed by atoms with Crippen LogP contribution in [0.1, 0.15) is 48.8 Å². The van der Waals surface area contributed by atoms with E-state index in [4.69, 9.17) is 4.74 Å². The van der Waals surface area contributed by atoms with Gasteiger partial charge in [0.15, 0.2) is 0 Å². The van der Waals surface area contributed by atoms with Crippen LogP contribution in [0.15, 0.2) is 30.3 Å². The molecule has 0 fully saturated rings. The minimum atomic E-state index is -0.517. The van der Waals surface area contributed by atoms with Gasteiger partial charge in [0.2, 0.25) is 0 Å². The normalized spacial score (nSPS) is 16.5. The van der Waals surface area contributed by atoms with Gasteiger partial charge in [-0.25, -0.2) is 4.79 Å². The Labute approximate surface area is 158 Å². The van der Waals surface area contributed by atoms with E-state index in [0.29, 0.717) is 16.5 Å². The van der Waals surface area contributed by atoms with Crippen LogP contribution in [0, 0.1) is 22.7 Å². The van der Waals surface area contributed by atoms with Crippen molar-refractivity contribution in [3.8, 4) is 6.07 Å². The van der Waals surface area contributed by atoms with Gasteiger partial charge in [0.25, 0.3) is 0 Å². The van der Waals surface area contributed by atoms with Crippen LogP contribution in [-0.4, -0.2) is 6.09 Å². The topological polar surface area (TPSA) is 62.1 Å².